The van der Waals surface area contributed by atoms with Gasteiger partial charge < -0.3 is 4.57 Å². The second kappa shape index (κ2) is 11.9. The summed E-state index contributed by atoms with van der Waals surface area (Å²) < 4.78 is 2.36. The maximum atomic E-state index is 2.36. The van der Waals surface area contributed by atoms with Crippen molar-refractivity contribution in [3.63, 3.8) is 0 Å². The van der Waals surface area contributed by atoms with Gasteiger partial charge in [-0.15, -0.1) is 0 Å². The molecule has 0 aliphatic rings. The van der Waals surface area contributed by atoms with Crippen LogP contribution in [-0.4, -0.2) is 4.57 Å². The van der Waals surface area contributed by atoms with Gasteiger partial charge in [-0.1, -0.05) is 158 Å². The molecule has 0 unspecified atom stereocenters. The Balaban J connectivity index is 0.950. The van der Waals surface area contributed by atoms with Crippen LogP contribution in [0.5, 0.6) is 0 Å². The topological polar surface area (TPSA) is 4.93 Å². The number of nitrogens with zero attached hydrogens (tertiary/aromatic N) is 1. The molecular formula is C47H33N. The van der Waals surface area contributed by atoms with Crippen molar-refractivity contribution in [1.29, 1.82) is 0 Å². The first-order chi connectivity index (χ1) is 23.8. The van der Waals surface area contributed by atoms with Crippen LogP contribution in [0, 0.1) is 0 Å². The third-order valence-electron chi connectivity index (χ3n) is 9.69. The van der Waals surface area contributed by atoms with Gasteiger partial charge in [0.2, 0.25) is 0 Å². The van der Waals surface area contributed by atoms with Crippen LogP contribution in [0.2, 0.25) is 0 Å². The van der Waals surface area contributed by atoms with Crippen LogP contribution >= 0.6 is 0 Å². The smallest absolute Gasteiger partial charge is 0.0541 e. The minimum Gasteiger partial charge on any atom is -0.309 e. The van der Waals surface area contributed by atoms with E-state index in [0.29, 0.717) is 0 Å². The highest BCUT2D eigenvalue weighted by Crippen LogP contribution is 2.35. The molecule has 226 valence electrons. The van der Waals surface area contributed by atoms with Crippen LogP contribution < -0.4 is 0 Å². The molecule has 0 aliphatic carbocycles. The summed E-state index contributed by atoms with van der Waals surface area (Å²) in [5, 5.41) is 5.18. The first-order valence-corrected chi connectivity index (χ1v) is 16.6. The Labute approximate surface area is 281 Å². The Kier molecular flexibility index (Phi) is 6.95. The highest BCUT2D eigenvalue weighted by Gasteiger charge is 2.13. The molecule has 1 nitrogen and oxygen atoms in total. The van der Waals surface area contributed by atoms with Gasteiger partial charge in [0.05, 0.1) is 11.0 Å². The van der Waals surface area contributed by atoms with E-state index in [9.17, 15) is 0 Å². The molecule has 0 atom stereocenters. The van der Waals surface area contributed by atoms with Crippen molar-refractivity contribution >= 4 is 32.6 Å². The molecule has 0 saturated carbocycles. The van der Waals surface area contributed by atoms with Gasteiger partial charge in [-0.05, 0) is 92.0 Å². The van der Waals surface area contributed by atoms with Gasteiger partial charge in [-0.2, -0.15) is 0 Å². The van der Waals surface area contributed by atoms with Crippen LogP contribution in [0.1, 0.15) is 11.1 Å². The van der Waals surface area contributed by atoms with E-state index in [0.717, 1.165) is 6.42 Å². The van der Waals surface area contributed by atoms with Crippen molar-refractivity contribution in [2.45, 2.75) is 6.42 Å². The number of para-hydroxylation sites is 2. The number of rotatable bonds is 6. The van der Waals surface area contributed by atoms with E-state index in [4.69, 9.17) is 0 Å². The average molecular weight is 612 g/mol. The van der Waals surface area contributed by atoms with Crippen molar-refractivity contribution < 1.29 is 0 Å². The zero-order valence-corrected chi connectivity index (χ0v) is 26.6. The van der Waals surface area contributed by atoms with Crippen molar-refractivity contribution in [3.8, 4) is 39.1 Å². The zero-order chi connectivity index (χ0) is 31.9. The van der Waals surface area contributed by atoms with Crippen LogP contribution in [0.3, 0.4) is 0 Å². The molecule has 9 rings (SSSR count). The number of hydrogen-bond acceptors (Lipinski definition) is 0. The first-order valence-electron chi connectivity index (χ1n) is 16.6. The molecule has 48 heavy (non-hydrogen) atoms. The van der Waals surface area contributed by atoms with Gasteiger partial charge in [-0.3, -0.25) is 0 Å². The molecule has 1 heterocycles. The Bertz CT molecular complexity index is 2530. The molecule has 8 aromatic carbocycles. The first kappa shape index (κ1) is 28.1. The van der Waals surface area contributed by atoms with E-state index >= 15 is 0 Å². The molecule has 0 N–H and O–H groups in total. The largest absolute Gasteiger partial charge is 0.309 e. The zero-order valence-electron chi connectivity index (χ0n) is 26.6. The van der Waals surface area contributed by atoms with Gasteiger partial charge in [-0.25, -0.2) is 0 Å². The summed E-state index contributed by atoms with van der Waals surface area (Å²) in [7, 11) is 0. The summed E-state index contributed by atoms with van der Waals surface area (Å²) in [6.07, 6.45) is 0.932. The predicted octanol–water partition coefficient (Wildman–Crippen LogP) is 12.5. The van der Waals surface area contributed by atoms with E-state index in [1.54, 1.807) is 0 Å². The van der Waals surface area contributed by atoms with Gasteiger partial charge in [0, 0.05) is 16.5 Å². The summed E-state index contributed by atoms with van der Waals surface area (Å²) in [6, 6.07) is 68.3. The normalized spacial score (nSPS) is 11.4. The maximum absolute atomic E-state index is 2.36. The number of benzene rings is 8. The van der Waals surface area contributed by atoms with Gasteiger partial charge in [0.1, 0.15) is 0 Å². The Morgan fingerprint density at radius 3 is 1.52 bits per heavy atom. The SMILES string of the molecule is c1ccc(-n2c3ccccc3c3cc(-c4ccc(-c5ccc(-c6ccc(Cc7cccc8ccccc78)cc6)cc5)cc4)ccc32)cc1. The minimum atomic E-state index is 0.932. The Morgan fingerprint density at radius 2 is 0.833 bits per heavy atom. The second-order valence-corrected chi connectivity index (χ2v) is 12.6. The summed E-state index contributed by atoms with van der Waals surface area (Å²) in [5.74, 6) is 0. The summed E-state index contributed by atoms with van der Waals surface area (Å²) in [6.45, 7) is 0. The Morgan fingerprint density at radius 1 is 0.333 bits per heavy atom. The minimum absolute atomic E-state index is 0.932. The number of fused-ring (bicyclic) bond motifs is 4. The molecule has 0 amide bonds. The molecule has 0 bridgehead atoms. The highest BCUT2D eigenvalue weighted by atomic mass is 15.0. The predicted molar refractivity (Wildman–Crippen MR) is 204 cm³/mol. The van der Waals surface area contributed by atoms with E-state index in [2.05, 4.69) is 193 Å². The van der Waals surface area contributed by atoms with Crippen LogP contribution in [0.15, 0.2) is 188 Å². The fraction of sp³-hybridized carbons (Fsp3) is 0.0213. The third kappa shape index (κ3) is 5.07. The lowest BCUT2D eigenvalue weighted by Crippen LogP contribution is -1.92. The molecule has 0 aliphatic heterocycles. The molecule has 0 fully saturated rings. The van der Waals surface area contributed by atoms with Crippen molar-refractivity contribution in [3.05, 3.63) is 199 Å². The van der Waals surface area contributed by atoms with Gasteiger partial charge in [0.15, 0.2) is 0 Å². The molecular weight excluding hydrogens is 579 g/mol. The molecule has 9 aromatic rings. The summed E-state index contributed by atoms with van der Waals surface area (Å²) in [5.41, 5.74) is 13.7. The number of hydrogen-bond donors (Lipinski definition) is 0. The Hall–Kier alpha value is -6.18. The maximum Gasteiger partial charge on any atom is 0.0541 e. The van der Waals surface area contributed by atoms with Crippen LogP contribution in [0.4, 0.5) is 0 Å². The molecule has 0 radical (unpaired) electrons. The summed E-state index contributed by atoms with van der Waals surface area (Å²) >= 11 is 0. The lowest BCUT2D eigenvalue weighted by Gasteiger charge is -2.09. The van der Waals surface area contributed by atoms with Crippen LogP contribution in [-0.2, 0) is 6.42 Å². The highest BCUT2D eigenvalue weighted by molar-refractivity contribution is 6.10. The van der Waals surface area contributed by atoms with E-state index < -0.39 is 0 Å². The molecule has 0 spiro atoms. The fourth-order valence-corrected chi connectivity index (χ4v) is 7.20. The van der Waals surface area contributed by atoms with Crippen molar-refractivity contribution in [2.24, 2.45) is 0 Å². The quantitative estimate of drug-likeness (QED) is 0.176. The van der Waals surface area contributed by atoms with Gasteiger partial charge >= 0.3 is 0 Å². The van der Waals surface area contributed by atoms with Gasteiger partial charge in [0.25, 0.3) is 0 Å². The monoisotopic (exact) mass is 611 g/mol. The van der Waals surface area contributed by atoms with E-state index in [1.807, 2.05) is 0 Å². The number of aromatic nitrogens is 1. The lowest BCUT2D eigenvalue weighted by atomic mass is 9.95. The molecule has 1 aromatic heterocycles. The standard InChI is InChI=1S/C47H33N/c1-2-12-42(13-3-1)48-46-16-7-6-15-44(46)45-32-40(29-30-47(45)48)38-27-25-37(26-28-38)36-23-21-35(22-24-36)34-19-17-33(18-20-34)31-41-11-8-10-39-9-4-5-14-43(39)41/h1-30,32H,31H2. The van der Waals surface area contributed by atoms with E-state index in [1.165, 1.54) is 82.8 Å². The average Bonchev–Trinajstić information content (AvgIpc) is 3.50. The van der Waals surface area contributed by atoms with Crippen LogP contribution in [0.25, 0.3) is 71.6 Å². The van der Waals surface area contributed by atoms with Crippen molar-refractivity contribution in [2.75, 3.05) is 0 Å². The van der Waals surface area contributed by atoms with Crippen molar-refractivity contribution in [1.82, 2.24) is 4.57 Å². The van der Waals surface area contributed by atoms with E-state index in [-0.39, 0.29) is 0 Å². The summed E-state index contributed by atoms with van der Waals surface area (Å²) in [4.78, 5) is 0. The fourth-order valence-electron chi connectivity index (χ4n) is 7.20. The molecule has 1 heteroatoms. The second-order valence-electron chi connectivity index (χ2n) is 12.6. The third-order valence-corrected chi connectivity index (χ3v) is 9.69. The molecule has 0 saturated heterocycles. The lowest BCUT2D eigenvalue weighted by molar-refractivity contribution is 1.18.